The van der Waals surface area contributed by atoms with E-state index in [2.05, 4.69) is 20.8 Å². The second-order valence-electron chi connectivity index (χ2n) is 5.11. The normalized spacial score (nSPS) is 10.4. The summed E-state index contributed by atoms with van der Waals surface area (Å²) in [5.74, 6) is -0.761. The van der Waals surface area contributed by atoms with E-state index < -0.39 is 5.97 Å². The predicted octanol–water partition coefficient (Wildman–Crippen LogP) is 2.40. The van der Waals surface area contributed by atoms with E-state index in [1.807, 2.05) is 18.2 Å². The van der Waals surface area contributed by atoms with Gasteiger partial charge in [0.2, 0.25) is 5.91 Å². The van der Waals surface area contributed by atoms with Gasteiger partial charge in [0.25, 0.3) is 0 Å². The highest BCUT2D eigenvalue weighted by Crippen LogP contribution is 2.18. The van der Waals surface area contributed by atoms with Crippen molar-refractivity contribution >= 4 is 34.2 Å². The van der Waals surface area contributed by atoms with Gasteiger partial charge >= 0.3 is 5.97 Å². The predicted molar refractivity (Wildman–Crippen MR) is 91.0 cm³/mol. The number of carbonyl (C=O) groups excluding carboxylic acids is 2. The molecule has 0 unspecified atom stereocenters. The van der Waals surface area contributed by atoms with Gasteiger partial charge in [-0.15, -0.1) is 0 Å². The smallest absolute Gasteiger partial charge is 0.339 e. The molecule has 7 heteroatoms. The van der Waals surface area contributed by atoms with Gasteiger partial charge in [-0.2, -0.15) is 5.10 Å². The fraction of sp³-hybridized carbons (Fsp3) is 0.118. The monoisotopic (exact) mass is 324 g/mol. The van der Waals surface area contributed by atoms with E-state index in [-0.39, 0.29) is 12.5 Å². The number of nitrogens with one attached hydrogen (secondary N) is 3. The zero-order valence-electron chi connectivity index (χ0n) is 13.0. The van der Waals surface area contributed by atoms with E-state index in [0.29, 0.717) is 11.3 Å². The minimum absolute atomic E-state index is 0.0683. The number of carbonyl (C=O) groups is 2. The summed E-state index contributed by atoms with van der Waals surface area (Å²) in [6.45, 7) is 0.0683. The number of H-pyrrole nitrogens is 1. The number of aromatic nitrogens is 2. The van der Waals surface area contributed by atoms with Crippen LogP contribution in [0.3, 0.4) is 0 Å². The maximum Gasteiger partial charge on any atom is 0.339 e. The first-order chi connectivity index (χ1) is 11.7. The van der Waals surface area contributed by atoms with Crippen molar-refractivity contribution in [2.75, 3.05) is 24.3 Å². The molecular formula is C17H16N4O3. The molecule has 24 heavy (non-hydrogen) atoms. The number of rotatable bonds is 5. The molecule has 122 valence electrons. The van der Waals surface area contributed by atoms with Gasteiger partial charge in [0.05, 0.1) is 36.6 Å². The Morgan fingerprint density at radius 1 is 1.21 bits per heavy atom. The molecule has 0 aliphatic rings. The maximum atomic E-state index is 12.1. The van der Waals surface area contributed by atoms with Gasteiger partial charge in [0, 0.05) is 11.1 Å². The molecule has 7 nitrogen and oxygen atoms in total. The van der Waals surface area contributed by atoms with Crippen molar-refractivity contribution in [3.05, 3.63) is 54.2 Å². The standard InChI is InChI=1S/C17H16N4O3/c1-24-17(23)13-4-2-3-5-15(13)20-16(22)10-18-12-6-7-14-11(8-12)9-19-21-14/h2-9,18H,10H2,1H3,(H,19,21)(H,20,22). The molecule has 0 aliphatic heterocycles. The fourth-order valence-electron chi connectivity index (χ4n) is 2.31. The fourth-order valence-corrected chi connectivity index (χ4v) is 2.31. The number of methoxy groups -OCH3 is 1. The van der Waals surface area contributed by atoms with Crippen molar-refractivity contribution in [1.29, 1.82) is 0 Å². The summed E-state index contributed by atoms with van der Waals surface area (Å²) < 4.78 is 4.71. The molecule has 3 N–H and O–H groups in total. The van der Waals surface area contributed by atoms with Gasteiger partial charge in [-0.25, -0.2) is 4.79 Å². The SMILES string of the molecule is COC(=O)c1ccccc1NC(=O)CNc1ccc2[nH]ncc2c1. The molecule has 0 bridgehead atoms. The number of benzene rings is 2. The number of ether oxygens (including phenoxy) is 1. The van der Waals surface area contributed by atoms with Crippen molar-refractivity contribution in [2.24, 2.45) is 0 Å². The Labute approximate surface area is 138 Å². The second kappa shape index (κ2) is 6.82. The Hall–Kier alpha value is -3.35. The molecule has 1 amide bonds. The summed E-state index contributed by atoms with van der Waals surface area (Å²) in [5.41, 5.74) is 2.46. The van der Waals surface area contributed by atoms with E-state index in [0.717, 1.165) is 16.6 Å². The van der Waals surface area contributed by atoms with E-state index in [4.69, 9.17) is 4.74 Å². The van der Waals surface area contributed by atoms with Crippen LogP contribution in [0.5, 0.6) is 0 Å². The zero-order chi connectivity index (χ0) is 16.9. The van der Waals surface area contributed by atoms with Crippen LogP contribution in [0.2, 0.25) is 0 Å². The zero-order valence-corrected chi connectivity index (χ0v) is 13.0. The van der Waals surface area contributed by atoms with Crippen LogP contribution in [0.1, 0.15) is 10.4 Å². The lowest BCUT2D eigenvalue weighted by molar-refractivity contribution is -0.114. The third kappa shape index (κ3) is 3.35. The van der Waals surface area contributed by atoms with E-state index in [9.17, 15) is 9.59 Å². The lowest BCUT2D eigenvalue weighted by atomic mass is 10.2. The third-order valence-corrected chi connectivity index (χ3v) is 3.50. The Balaban J connectivity index is 1.64. The lowest BCUT2D eigenvalue weighted by Crippen LogP contribution is -2.23. The molecular weight excluding hydrogens is 308 g/mol. The summed E-state index contributed by atoms with van der Waals surface area (Å²) in [6, 6.07) is 12.3. The van der Waals surface area contributed by atoms with Crippen molar-refractivity contribution < 1.29 is 14.3 Å². The number of anilines is 2. The van der Waals surface area contributed by atoms with Gasteiger partial charge < -0.3 is 15.4 Å². The number of amides is 1. The van der Waals surface area contributed by atoms with Gasteiger partial charge in [-0.1, -0.05) is 12.1 Å². The number of nitrogens with zero attached hydrogens (tertiary/aromatic N) is 1. The summed E-state index contributed by atoms with van der Waals surface area (Å²) in [5, 5.41) is 13.5. The van der Waals surface area contributed by atoms with Crippen molar-refractivity contribution in [3.8, 4) is 0 Å². The molecule has 0 radical (unpaired) electrons. The Kier molecular flexibility index (Phi) is 4.42. The molecule has 0 aliphatic carbocycles. The van der Waals surface area contributed by atoms with Gasteiger partial charge in [0.15, 0.2) is 0 Å². The molecule has 3 rings (SSSR count). The summed E-state index contributed by atoms with van der Waals surface area (Å²) >= 11 is 0. The molecule has 0 spiro atoms. The third-order valence-electron chi connectivity index (χ3n) is 3.50. The Morgan fingerprint density at radius 2 is 2.04 bits per heavy atom. The molecule has 1 heterocycles. The second-order valence-corrected chi connectivity index (χ2v) is 5.11. The van der Waals surface area contributed by atoms with Crippen LogP contribution >= 0.6 is 0 Å². The molecule has 0 atom stereocenters. The molecule has 1 aromatic heterocycles. The molecule has 3 aromatic rings. The maximum absolute atomic E-state index is 12.1. The molecule has 2 aromatic carbocycles. The van der Waals surface area contributed by atoms with E-state index >= 15 is 0 Å². The van der Waals surface area contributed by atoms with E-state index in [1.165, 1.54) is 7.11 Å². The summed E-state index contributed by atoms with van der Waals surface area (Å²) in [7, 11) is 1.30. The van der Waals surface area contributed by atoms with Gasteiger partial charge in [0.1, 0.15) is 0 Å². The van der Waals surface area contributed by atoms with Crippen molar-refractivity contribution in [1.82, 2.24) is 10.2 Å². The number of aromatic amines is 1. The minimum Gasteiger partial charge on any atom is -0.465 e. The molecule has 0 saturated carbocycles. The largest absolute Gasteiger partial charge is 0.465 e. The summed E-state index contributed by atoms with van der Waals surface area (Å²) in [4.78, 5) is 23.8. The number of fused-ring (bicyclic) bond motifs is 1. The van der Waals surface area contributed by atoms with E-state index in [1.54, 1.807) is 30.5 Å². The highest BCUT2D eigenvalue weighted by atomic mass is 16.5. The van der Waals surface area contributed by atoms with Crippen molar-refractivity contribution in [2.45, 2.75) is 0 Å². The molecule has 0 fully saturated rings. The van der Waals surface area contributed by atoms with Gasteiger partial charge in [-0.05, 0) is 30.3 Å². The molecule has 0 saturated heterocycles. The van der Waals surface area contributed by atoms with Crippen LogP contribution in [-0.4, -0.2) is 35.7 Å². The highest BCUT2D eigenvalue weighted by molar-refractivity contribution is 6.02. The number of hydrogen-bond acceptors (Lipinski definition) is 5. The topological polar surface area (TPSA) is 96.1 Å². The van der Waals surface area contributed by atoms with Crippen LogP contribution in [0.15, 0.2) is 48.7 Å². The van der Waals surface area contributed by atoms with Crippen LogP contribution < -0.4 is 10.6 Å². The number of hydrogen-bond donors (Lipinski definition) is 3. The van der Waals surface area contributed by atoms with Gasteiger partial charge in [-0.3, -0.25) is 9.89 Å². The average Bonchev–Trinajstić information content (AvgIpc) is 3.07. The van der Waals surface area contributed by atoms with Crippen molar-refractivity contribution in [3.63, 3.8) is 0 Å². The minimum atomic E-state index is -0.496. The first-order valence-corrected chi connectivity index (χ1v) is 7.31. The van der Waals surface area contributed by atoms with Crippen LogP contribution in [0.4, 0.5) is 11.4 Å². The Bertz CT molecular complexity index is 888. The number of esters is 1. The first kappa shape index (κ1) is 15.5. The first-order valence-electron chi connectivity index (χ1n) is 7.31. The number of para-hydroxylation sites is 1. The average molecular weight is 324 g/mol. The van der Waals surface area contributed by atoms with Crippen LogP contribution in [0.25, 0.3) is 10.9 Å². The van der Waals surface area contributed by atoms with Crippen LogP contribution in [0, 0.1) is 0 Å². The lowest BCUT2D eigenvalue weighted by Gasteiger charge is -2.10. The van der Waals surface area contributed by atoms with Crippen LogP contribution in [-0.2, 0) is 9.53 Å². The quantitative estimate of drug-likeness (QED) is 0.626. The summed E-state index contributed by atoms with van der Waals surface area (Å²) in [6.07, 6.45) is 1.72. The highest BCUT2D eigenvalue weighted by Gasteiger charge is 2.13. The Morgan fingerprint density at radius 3 is 2.88 bits per heavy atom.